The molecule has 1 aliphatic heterocycles. The number of nitriles is 1. The van der Waals surface area contributed by atoms with Crippen molar-refractivity contribution in [1.82, 2.24) is 15.5 Å². The highest BCUT2D eigenvalue weighted by Crippen LogP contribution is 2.27. The number of ether oxygens (including phenoxy) is 2. The van der Waals surface area contributed by atoms with Crippen LogP contribution in [0.3, 0.4) is 0 Å². The fraction of sp³-hybridized carbons (Fsp3) is 0.444. The van der Waals surface area contributed by atoms with E-state index in [9.17, 15) is 10.1 Å². The molecule has 0 atom stereocenters. The minimum Gasteiger partial charge on any atom is -0.493 e. The van der Waals surface area contributed by atoms with Crippen molar-refractivity contribution < 1.29 is 14.3 Å². The molecule has 0 bridgehead atoms. The second kappa shape index (κ2) is 9.55. The Morgan fingerprint density at radius 1 is 1.32 bits per heavy atom. The van der Waals surface area contributed by atoms with Crippen LogP contribution in [-0.2, 0) is 11.2 Å². The smallest absolute Gasteiger partial charge is 0.263 e. The number of benzene rings is 1. The molecule has 0 saturated carbocycles. The van der Waals surface area contributed by atoms with Crippen LogP contribution in [0.2, 0.25) is 0 Å². The summed E-state index contributed by atoms with van der Waals surface area (Å²) in [6.07, 6.45) is 2.28. The third-order valence-electron chi connectivity index (χ3n) is 3.98. The fourth-order valence-electron chi connectivity index (χ4n) is 2.58. The largest absolute Gasteiger partial charge is 0.493 e. The lowest BCUT2D eigenvalue weighted by atomic mass is 10.1. The van der Waals surface area contributed by atoms with Gasteiger partial charge in [-0.05, 0) is 24.1 Å². The summed E-state index contributed by atoms with van der Waals surface area (Å²) in [5.41, 5.74) is 1.15. The van der Waals surface area contributed by atoms with Crippen LogP contribution >= 0.6 is 0 Å². The molecule has 1 aliphatic rings. The molecule has 1 amide bonds. The van der Waals surface area contributed by atoms with Crippen LogP contribution in [0.5, 0.6) is 11.5 Å². The highest BCUT2D eigenvalue weighted by molar-refractivity contribution is 5.97. The molecule has 0 aliphatic carbocycles. The second-order valence-corrected chi connectivity index (χ2v) is 5.64. The quantitative estimate of drug-likeness (QED) is 0.559. The van der Waals surface area contributed by atoms with Crippen LogP contribution in [0.25, 0.3) is 0 Å². The van der Waals surface area contributed by atoms with E-state index in [1.54, 1.807) is 20.4 Å². The normalized spacial score (nSPS) is 14.6. The molecule has 1 heterocycles. The number of carbonyl (C=O) groups excluding carboxylic acids is 1. The van der Waals surface area contributed by atoms with Crippen LogP contribution < -0.4 is 20.1 Å². The minimum atomic E-state index is -0.346. The Kier molecular flexibility index (Phi) is 7.11. The maximum Gasteiger partial charge on any atom is 0.263 e. The number of rotatable bonds is 7. The Hall–Kier alpha value is -2.72. The van der Waals surface area contributed by atoms with Gasteiger partial charge in [0.05, 0.1) is 14.2 Å². The average Bonchev–Trinajstić information content (AvgIpc) is 2.66. The number of hydrogen-bond donors (Lipinski definition) is 2. The van der Waals surface area contributed by atoms with Crippen molar-refractivity contribution in [2.75, 3.05) is 46.9 Å². The summed E-state index contributed by atoms with van der Waals surface area (Å²) in [7, 11) is 3.18. The van der Waals surface area contributed by atoms with E-state index >= 15 is 0 Å². The first-order chi connectivity index (χ1) is 12.2. The van der Waals surface area contributed by atoms with Gasteiger partial charge in [0.25, 0.3) is 5.91 Å². The topological polar surface area (TPSA) is 86.6 Å². The Labute approximate surface area is 148 Å². The monoisotopic (exact) mass is 344 g/mol. The Morgan fingerprint density at radius 2 is 2.04 bits per heavy atom. The summed E-state index contributed by atoms with van der Waals surface area (Å²) in [5.74, 6) is 0.977. The van der Waals surface area contributed by atoms with Crippen LogP contribution in [-0.4, -0.2) is 57.8 Å². The van der Waals surface area contributed by atoms with Crippen LogP contribution in [0, 0.1) is 11.3 Å². The van der Waals surface area contributed by atoms with Crippen LogP contribution in [0.15, 0.2) is 30.0 Å². The molecular weight excluding hydrogens is 320 g/mol. The number of amides is 1. The van der Waals surface area contributed by atoms with Gasteiger partial charge in [-0.2, -0.15) is 5.26 Å². The van der Waals surface area contributed by atoms with Crippen LogP contribution in [0.1, 0.15) is 5.56 Å². The molecule has 7 nitrogen and oxygen atoms in total. The van der Waals surface area contributed by atoms with Crippen molar-refractivity contribution in [2.45, 2.75) is 6.42 Å². The first-order valence-electron chi connectivity index (χ1n) is 8.23. The van der Waals surface area contributed by atoms with Crippen molar-refractivity contribution in [3.63, 3.8) is 0 Å². The van der Waals surface area contributed by atoms with Crippen molar-refractivity contribution in [3.05, 3.63) is 35.5 Å². The lowest BCUT2D eigenvalue weighted by Gasteiger charge is -2.26. The molecule has 2 N–H and O–H groups in total. The van der Waals surface area contributed by atoms with E-state index in [0.29, 0.717) is 24.5 Å². The highest BCUT2D eigenvalue weighted by Gasteiger charge is 2.13. The molecule has 2 rings (SSSR count). The van der Waals surface area contributed by atoms with Gasteiger partial charge >= 0.3 is 0 Å². The number of piperazine rings is 1. The molecule has 7 heteroatoms. The number of nitrogens with zero attached hydrogens (tertiary/aromatic N) is 2. The van der Waals surface area contributed by atoms with E-state index in [2.05, 4.69) is 10.6 Å². The minimum absolute atomic E-state index is 0.134. The zero-order valence-corrected chi connectivity index (χ0v) is 14.7. The maximum atomic E-state index is 12.2. The molecule has 1 fully saturated rings. The zero-order chi connectivity index (χ0) is 18.1. The lowest BCUT2D eigenvalue weighted by molar-refractivity contribution is -0.117. The van der Waals surface area contributed by atoms with Gasteiger partial charge < -0.3 is 25.0 Å². The lowest BCUT2D eigenvalue weighted by Crippen LogP contribution is -2.41. The Bertz CT molecular complexity index is 661. The van der Waals surface area contributed by atoms with Crippen molar-refractivity contribution in [3.8, 4) is 17.6 Å². The predicted octanol–water partition coefficient (Wildman–Crippen LogP) is 0.675. The SMILES string of the molecule is COc1ccc(CCNC(=O)/C(C#N)=C\N2CCNCC2)cc1OC. The first-order valence-corrected chi connectivity index (χ1v) is 8.23. The van der Waals surface area contributed by atoms with E-state index in [1.165, 1.54) is 0 Å². The Balaban J connectivity index is 1.88. The Morgan fingerprint density at radius 3 is 2.68 bits per heavy atom. The predicted molar refractivity (Wildman–Crippen MR) is 94.4 cm³/mol. The van der Waals surface area contributed by atoms with Crippen LogP contribution in [0.4, 0.5) is 0 Å². The third kappa shape index (κ3) is 5.40. The molecular formula is C18H24N4O3. The molecule has 25 heavy (non-hydrogen) atoms. The van der Waals surface area contributed by atoms with E-state index in [1.807, 2.05) is 29.2 Å². The number of carbonyl (C=O) groups is 1. The van der Waals surface area contributed by atoms with Crippen molar-refractivity contribution in [2.24, 2.45) is 0 Å². The van der Waals surface area contributed by atoms with Gasteiger partial charge in [-0.25, -0.2) is 0 Å². The number of nitrogens with one attached hydrogen (secondary N) is 2. The molecule has 1 aromatic carbocycles. The summed E-state index contributed by atoms with van der Waals surface area (Å²) in [6.45, 7) is 3.75. The molecule has 1 aromatic rings. The molecule has 0 spiro atoms. The van der Waals surface area contributed by atoms with E-state index in [4.69, 9.17) is 9.47 Å². The van der Waals surface area contributed by atoms with Crippen molar-refractivity contribution >= 4 is 5.91 Å². The van der Waals surface area contributed by atoms with Gasteiger partial charge in [-0.3, -0.25) is 4.79 Å². The van der Waals surface area contributed by atoms with Gasteiger partial charge in [0, 0.05) is 38.9 Å². The van der Waals surface area contributed by atoms with Crippen molar-refractivity contribution in [1.29, 1.82) is 5.26 Å². The van der Waals surface area contributed by atoms with Gasteiger partial charge in [-0.1, -0.05) is 6.07 Å². The zero-order valence-electron chi connectivity index (χ0n) is 14.7. The molecule has 0 unspecified atom stereocenters. The standard InChI is InChI=1S/C18H24N4O3/c1-24-16-4-3-14(11-17(16)25-2)5-6-21-18(23)15(12-19)13-22-9-7-20-8-10-22/h3-4,11,13,20H,5-10H2,1-2H3,(H,21,23)/b15-13-. The van der Waals surface area contributed by atoms with Gasteiger partial charge in [0.15, 0.2) is 11.5 Å². The summed E-state index contributed by atoms with van der Waals surface area (Å²) in [4.78, 5) is 14.2. The molecule has 134 valence electrons. The summed E-state index contributed by atoms with van der Waals surface area (Å²) in [6, 6.07) is 7.62. The second-order valence-electron chi connectivity index (χ2n) is 5.64. The molecule has 0 aromatic heterocycles. The number of hydrogen-bond acceptors (Lipinski definition) is 6. The first kappa shape index (κ1) is 18.6. The fourth-order valence-corrected chi connectivity index (χ4v) is 2.58. The third-order valence-corrected chi connectivity index (χ3v) is 3.98. The maximum absolute atomic E-state index is 12.2. The molecule has 1 saturated heterocycles. The van der Waals surface area contributed by atoms with Gasteiger partial charge in [0.1, 0.15) is 11.6 Å². The van der Waals surface area contributed by atoms with Gasteiger partial charge in [-0.15, -0.1) is 0 Å². The summed E-state index contributed by atoms with van der Waals surface area (Å²) in [5, 5.41) is 15.2. The summed E-state index contributed by atoms with van der Waals surface area (Å²) < 4.78 is 10.5. The van der Waals surface area contributed by atoms with E-state index < -0.39 is 0 Å². The highest BCUT2D eigenvalue weighted by atomic mass is 16.5. The number of methoxy groups -OCH3 is 2. The summed E-state index contributed by atoms with van der Waals surface area (Å²) >= 11 is 0. The average molecular weight is 344 g/mol. The molecule has 0 radical (unpaired) electrons. The van der Waals surface area contributed by atoms with Gasteiger partial charge in [0.2, 0.25) is 0 Å². The van der Waals surface area contributed by atoms with E-state index in [-0.39, 0.29) is 11.5 Å². The van der Waals surface area contributed by atoms with E-state index in [0.717, 1.165) is 31.7 Å².